The molecule has 0 saturated carbocycles. The maximum Gasteiger partial charge on any atom is 0.297 e. The number of hydrogen-bond acceptors (Lipinski definition) is 6. The summed E-state index contributed by atoms with van der Waals surface area (Å²) >= 11 is 4.98. The second-order valence-corrected chi connectivity index (χ2v) is 4.43. The average molecular weight is 278 g/mol. The normalized spacial score (nSPS) is 10.5. The minimum atomic E-state index is 0.0791. The van der Waals surface area contributed by atoms with Crippen LogP contribution < -0.4 is 9.47 Å². The molecule has 7 heteroatoms. The van der Waals surface area contributed by atoms with Gasteiger partial charge in [0.15, 0.2) is 0 Å². The highest BCUT2D eigenvalue weighted by molar-refractivity contribution is 7.71. The van der Waals surface area contributed by atoms with Gasteiger partial charge in [0.25, 0.3) is 6.01 Å². The number of nitrogens with one attached hydrogen (secondary N) is 1. The zero-order valence-corrected chi connectivity index (χ0v) is 11.7. The molecule has 100 valence electrons. The molecule has 1 N–H and O–H groups in total. The van der Waals surface area contributed by atoms with Gasteiger partial charge in [-0.25, -0.2) is 4.98 Å². The molecule has 0 aliphatic rings. The van der Waals surface area contributed by atoms with Gasteiger partial charge in [-0.15, -0.1) is 0 Å². The highest BCUT2D eigenvalue weighted by Gasteiger charge is 2.06. The summed E-state index contributed by atoms with van der Waals surface area (Å²) in [4.78, 5) is 15.1. The van der Waals surface area contributed by atoms with Crippen molar-refractivity contribution in [2.75, 3.05) is 7.11 Å². The van der Waals surface area contributed by atoms with Gasteiger partial charge in [-0.1, -0.05) is 0 Å². The van der Waals surface area contributed by atoms with Gasteiger partial charge in [0.05, 0.1) is 19.4 Å². The number of nitrogens with zero attached hydrogens (tertiary/aromatic N) is 3. The van der Waals surface area contributed by atoms with E-state index in [0.717, 1.165) is 5.56 Å². The van der Waals surface area contributed by atoms with Gasteiger partial charge in [-0.05, 0) is 32.1 Å². The molecule has 0 radical (unpaired) electrons. The van der Waals surface area contributed by atoms with Crippen molar-refractivity contribution in [2.24, 2.45) is 0 Å². The summed E-state index contributed by atoms with van der Waals surface area (Å²) in [6.07, 6.45) is 3.40. The van der Waals surface area contributed by atoms with Gasteiger partial charge in [-0.2, -0.15) is 4.98 Å². The van der Waals surface area contributed by atoms with Gasteiger partial charge >= 0.3 is 0 Å². The molecule has 0 amide bonds. The Kier molecular flexibility index (Phi) is 4.06. The Labute approximate surface area is 115 Å². The Morgan fingerprint density at radius 2 is 2.05 bits per heavy atom. The number of ether oxygens (including phenoxy) is 2. The van der Waals surface area contributed by atoms with Crippen LogP contribution in [0.25, 0.3) is 11.4 Å². The van der Waals surface area contributed by atoms with Crippen LogP contribution in [0.2, 0.25) is 0 Å². The van der Waals surface area contributed by atoms with Crippen LogP contribution in [0, 0.1) is 4.77 Å². The molecule has 0 saturated heterocycles. The third-order valence-corrected chi connectivity index (χ3v) is 2.36. The largest absolute Gasteiger partial charge is 0.489 e. The van der Waals surface area contributed by atoms with Crippen LogP contribution in [-0.4, -0.2) is 33.1 Å². The molecular weight excluding hydrogens is 264 g/mol. The first-order valence-corrected chi connectivity index (χ1v) is 6.13. The molecular formula is C12H14N4O2S. The summed E-state index contributed by atoms with van der Waals surface area (Å²) in [5, 5.41) is 0. The maximum absolute atomic E-state index is 5.59. The number of aromatic nitrogens is 4. The Morgan fingerprint density at radius 1 is 1.26 bits per heavy atom. The number of rotatable bonds is 4. The third kappa shape index (κ3) is 3.47. The van der Waals surface area contributed by atoms with Crippen LogP contribution in [0.5, 0.6) is 11.8 Å². The first-order valence-electron chi connectivity index (χ1n) is 5.73. The van der Waals surface area contributed by atoms with E-state index >= 15 is 0 Å². The predicted molar refractivity (Wildman–Crippen MR) is 72.8 cm³/mol. The van der Waals surface area contributed by atoms with E-state index in [9.17, 15) is 0 Å². The minimum absolute atomic E-state index is 0.0791. The standard InChI is InChI=1S/C12H14N4O2S/c1-7(2)18-9-4-8(5-13-6-9)10-14-11(17-3)16-12(19)15-10/h4-7H,1-3H3,(H,14,15,16,19). The number of pyridine rings is 1. The molecule has 19 heavy (non-hydrogen) atoms. The Balaban J connectivity index is 2.41. The minimum Gasteiger partial charge on any atom is -0.489 e. The molecule has 2 aromatic heterocycles. The molecule has 2 aromatic rings. The van der Waals surface area contributed by atoms with Crippen molar-refractivity contribution >= 4 is 12.2 Å². The first kappa shape index (κ1) is 13.4. The van der Waals surface area contributed by atoms with Gasteiger partial charge in [-0.3, -0.25) is 9.97 Å². The molecule has 0 aromatic carbocycles. The fourth-order valence-electron chi connectivity index (χ4n) is 1.48. The highest BCUT2D eigenvalue weighted by Crippen LogP contribution is 2.21. The molecule has 0 spiro atoms. The van der Waals surface area contributed by atoms with Crippen LogP contribution in [0.15, 0.2) is 18.5 Å². The fraction of sp³-hybridized carbons (Fsp3) is 0.333. The van der Waals surface area contributed by atoms with E-state index in [2.05, 4.69) is 19.9 Å². The van der Waals surface area contributed by atoms with E-state index in [-0.39, 0.29) is 10.9 Å². The molecule has 0 unspecified atom stereocenters. The fourth-order valence-corrected chi connectivity index (χ4v) is 1.66. The lowest BCUT2D eigenvalue weighted by Gasteiger charge is -2.10. The van der Waals surface area contributed by atoms with E-state index in [4.69, 9.17) is 21.7 Å². The Morgan fingerprint density at radius 3 is 2.74 bits per heavy atom. The zero-order chi connectivity index (χ0) is 13.8. The number of H-pyrrole nitrogens is 1. The summed E-state index contributed by atoms with van der Waals surface area (Å²) in [7, 11) is 1.51. The summed E-state index contributed by atoms with van der Waals surface area (Å²) in [5.74, 6) is 1.21. The molecule has 0 bridgehead atoms. The number of hydrogen-bond donors (Lipinski definition) is 1. The van der Waals surface area contributed by atoms with E-state index in [1.807, 2.05) is 19.9 Å². The SMILES string of the molecule is COc1nc(=S)nc(-c2cncc(OC(C)C)c2)[nH]1. The Hall–Kier alpha value is -2.02. The molecule has 0 aliphatic carbocycles. The second-order valence-electron chi connectivity index (χ2n) is 4.06. The van der Waals surface area contributed by atoms with Crippen molar-refractivity contribution in [2.45, 2.75) is 20.0 Å². The van der Waals surface area contributed by atoms with Crippen LogP contribution in [0.3, 0.4) is 0 Å². The van der Waals surface area contributed by atoms with Crippen molar-refractivity contribution in [1.82, 2.24) is 19.9 Å². The summed E-state index contributed by atoms with van der Waals surface area (Å²) in [5.41, 5.74) is 0.755. The molecule has 2 heterocycles. The topological polar surface area (TPSA) is 72.9 Å². The van der Waals surface area contributed by atoms with Crippen molar-refractivity contribution < 1.29 is 9.47 Å². The van der Waals surface area contributed by atoms with Crippen LogP contribution >= 0.6 is 12.2 Å². The quantitative estimate of drug-likeness (QED) is 0.866. The summed E-state index contributed by atoms with van der Waals surface area (Å²) in [6, 6.07) is 2.14. The summed E-state index contributed by atoms with van der Waals surface area (Å²) in [6.45, 7) is 3.90. The lowest BCUT2D eigenvalue weighted by Crippen LogP contribution is -2.06. The predicted octanol–water partition coefficient (Wildman–Crippen LogP) is 2.39. The zero-order valence-electron chi connectivity index (χ0n) is 10.9. The highest BCUT2D eigenvalue weighted by atomic mass is 32.1. The monoisotopic (exact) mass is 278 g/mol. The number of methoxy groups -OCH3 is 1. The molecule has 0 fully saturated rings. The van der Waals surface area contributed by atoms with Crippen LogP contribution in [0.4, 0.5) is 0 Å². The van der Waals surface area contributed by atoms with E-state index in [1.165, 1.54) is 7.11 Å². The Bertz CT molecular complexity index is 627. The molecule has 6 nitrogen and oxygen atoms in total. The summed E-state index contributed by atoms with van der Waals surface area (Å²) < 4.78 is 10.8. The molecule has 0 aliphatic heterocycles. The van der Waals surface area contributed by atoms with Gasteiger partial charge < -0.3 is 9.47 Å². The molecule has 0 atom stereocenters. The van der Waals surface area contributed by atoms with Crippen LogP contribution in [-0.2, 0) is 0 Å². The van der Waals surface area contributed by atoms with Crippen molar-refractivity contribution in [3.8, 4) is 23.1 Å². The van der Waals surface area contributed by atoms with Crippen molar-refractivity contribution in [3.63, 3.8) is 0 Å². The third-order valence-electron chi connectivity index (χ3n) is 2.18. The smallest absolute Gasteiger partial charge is 0.297 e. The van der Waals surface area contributed by atoms with E-state index < -0.39 is 0 Å². The lowest BCUT2D eigenvalue weighted by molar-refractivity contribution is 0.241. The average Bonchev–Trinajstić information content (AvgIpc) is 2.37. The first-order chi connectivity index (χ1) is 9.08. The molecule has 2 rings (SSSR count). The van der Waals surface area contributed by atoms with Crippen LogP contribution in [0.1, 0.15) is 13.8 Å². The van der Waals surface area contributed by atoms with Gasteiger partial charge in [0.1, 0.15) is 11.6 Å². The van der Waals surface area contributed by atoms with Gasteiger partial charge in [0, 0.05) is 11.8 Å². The van der Waals surface area contributed by atoms with E-state index in [0.29, 0.717) is 17.6 Å². The lowest BCUT2D eigenvalue weighted by atomic mass is 10.2. The van der Waals surface area contributed by atoms with Crippen molar-refractivity contribution in [1.29, 1.82) is 0 Å². The van der Waals surface area contributed by atoms with Crippen molar-refractivity contribution in [3.05, 3.63) is 23.2 Å². The van der Waals surface area contributed by atoms with E-state index in [1.54, 1.807) is 12.4 Å². The number of aromatic amines is 1. The maximum atomic E-state index is 5.59. The van der Waals surface area contributed by atoms with Gasteiger partial charge in [0.2, 0.25) is 4.77 Å². The second kappa shape index (κ2) is 5.75.